The molecule has 0 radical (unpaired) electrons. The normalized spacial score (nSPS) is 16.8. The van der Waals surface area contributed by atoms with Crippen molar-refractivity contribution in [1.82, 2.24) is 0 Å². The molecule has 0 bridgehead atoms. The number of aromatic nitrogens is 4. The Balaban J connectivity index is 0.000000170. The molecule has 4 nitrogen and oxygen atoms in total. The SMILES string of the molecule is [2H]C([2H])([2H])c1cc(C)c(-c2cc(-c3c(C([2H])([2H])[2H])cccc3C([2H])([2H])[2H])c(C([2H])([2H])[2H])c[n+]2C)cc1-c1ccccc1.[2H]C([2H])([2H])c1cc(C)c(-c2cc(-c3ccc(C)cc3C([2H])([2H])[2H])c(C([2H])([2H])[2H])c[n+]2C)cc1-c1ccccc1.[2H]C([2H])([2H])c1cc(C)c(-c2cc(-c3ccccc3)c(C([2H])([2H])[2H])c[n+]2C)cc1-c1ccccc1.[2H]C([2H])([2H])c1cc(C)c(-c2cc(-c3ccccc3C([2H])([2H])[2H])c(C([2H])([2H])[2H])c[n+]2C)cc1-c1ccccc1. The lowest BCUT2D eigenvalue weighted by molar-refractivity contribution is -0.660. The number of rotatable bonds is 12. The molecule has 0 N–H and O–H groups in total. The molecule has 16 rings (SSSR count). The van der Waals surface area contributed by atoms with Crippen LogP contribution in [0.1, 0.15) is 144 Å². The van der Waals surface area contributed by atoms with Crippen LogP contribution in [-0.2, 0) is 28.2 Å². The van der Waals surface area contributed by atoms with Gasteiger partial charge in [-0.1, -0.05) is 242 Å². The molecule has 0 fully saturated rings. The molecule has 4 aromatic heterocycles. The number of hydrogen-bond acceptors (Lipinski definition) is 0. The van der Waals surface area contributed by atoms with Crippen molar-refractivity contribution in [2.75, 3.05) is 0 Å². The summed E-state index contributed by atoms with van der Waals surface area (Å²) in [5.41, 5.74) is 17.1. The van der Waals surface area contributed by atoms with Crippen molar-refractivity contribution in [2.45, 2.75) is 117 Å². The lowest BCUT2D eigenvalue weighted by atomic mass is 9.90. The first kappa shape index (κ1) is 47.9. The predicted molar refractivity (Wildman–Crippen MR) is 496 cm³/mol. The third kappa shape index (κ3) is 18.2. The summed E-state index contributed by atoms with van der Waals surface area (Å²) in [5, 5.41) is 0. The number of aryl methyl sites for hydroxylation is 21. The van der Waals surface area contributed by atoms with E-state index in [4.69, 9.17) is 49.3 Å². The summed E-state index contributed by atoms with van der Waals surface area (Å²) in [6, 6.07) is 82.4. The third-order valence-corrected chi connectivity index (χ3v) is 21.1. The van der Waals surface area contributed by atoms with Gasteiger partial charge in [-0.15, -0.1) is 0 Å². The molecule has 0 aliphatic rings. The zero-order chi connectivity index (χ0) is 113. The van der Waals surface area contributed by atoms with E-state index in [2.05, 4.69) is 0 Å². The van der Waals surface area contributed by atoms with Gasteiger partial charge in [0.15, 0.2) is 24.8 Å². The van der Waals surface area contributed by atoms with Crippen LogP contribution < -0.4 is 18.3 Å². The standard InChI is InChI=1S/2C29H30N.C28H28N.C27H26N/c1-19-11-10-12-20(2)29(19)27-17-28(30(6)18-23(27)5)26-16-25(21(3)15-22(26)4)24-13-8-7-9-14-24;1-19-12-13-25(20(2)14-19)27-17-29(30(6)18-23(27)5)28-16-26(21(3)15-22(28)4)24-10-8-7-9-11-24;1-19-11-9-10-14-24(19)26-17-28(29(5)18-22(26)4)27-16-25(20(2)15-21(27)3)23-12-7-6-8-13-23;1-19-15-20(2)26(16-24(19)22-11-7-5-8-12-22)27-17-25(21(3)18-28(27)4)23-13-9-6-10-14-23/h2*7-18H,1-6H3;6-18H,1-5H3;5-18H,1-4H3/q4*+1/i1D3,2D3,3D3,5D3;2D3,3D3,5D3;1D3,2D3,4D3;1D3,3D3. The van der Waals surface area contributed by atoms with Crippen molar-refractivity contribution in [3.63, 3.8) is 0 Å². The Morgan fingerprint density at radius 2 is 0.419 bits per heavy atom. The average Bonchev–Trinajstić information content (AvgIpc) is 0.737. The lowest BCUT2D eigenvalue weighted by Gasteiger charge is -2.15. The van der Waals surface area contributed by atoms with E-state index in [1.165, 1.54) is 48.9 Å². The van der Waals surface area contributed by atoms with Crippen LogP contribution in [0, 0.1) is 117 Å². The summed E-state index contributed by atoms with van der Waals surface area (Å²) >= 11 is 0. The van der Waals surface area contributed by atoms with Gasteiger partial charge in [-0.05, 0) is 297 Å². The van der Waals surface area contributed by atoms with Gasteiger partial charge in [0, 0.05) is 118 Å². The van der Waals surface area contributed by atoms with Gasteiger partial charge >= 0.3 is 0 Å². The molecular formula is C113H114N4+4. The molecule has 0 aliphatic carbocycles. The predicted octanol–water partition coefficient (Wildman–Crippen LogP) is 27.3. The van der Waals surface area contributed by atoms with Crippen LogP contribution in [-0.4, -0.2) is 0 Å². The van der Waals surface area contributed by atoms with Crippen LogP contribution in [0.5, 0.6) is 0 Å². The lowest BCUT2D eigenvalue weighted by Crippen LogP contribution is -2.31. The Kier molecular flexibility index (Phi) is 14.7. The van der Waals surface area contributed by atoms with Crippen LogP contribution in [0.2, 0.25) is 0 Å². The Bertz CT molecular complexity index is 7660. The van der Waals surface area contributed by atoms with Crippen molar-refractivity contribution < 1.29 is 67.6 Å². The summed E-state index contributed by atoms with van der Waals surface area (Å²) in [5.74, 6) is 0. The van der Waals surface area contributed by atoms with Gasteiger partial charge in [0.1, 0.15) is 28.2 Å². The van der Waals surface area contributed by atoms with Gasteiger partial charge in [-0.2, -0.15) is 0 Å². The summed E-state index contributed by atoms with van der Waals surface area (Å²) in [4.78, 5) is 0. The molecule has 0 unspecified atom stereocenters. The van der Waals surface area contributed by atoms with Gasteiger partial charge in [0.2, 0.25) is 22.8 Å². The van der Waals surface area contributed by atoms with E-state index in [1.807, 2.05) is 179 Å². The first-order chi connectivity index (χ1) is 70.7. The van der Waals surface area contributed by atoms with Gasteiger partial charge in [0.25, 0.3) is 0 Å². The van der Waals surface area contributed by atoms with E-state index < -0.39 is 82.2 Å². The summed E-state index contributed by atoms with van der Waals surface area (Å²) in [7, 11) is 6.91. The molecule has 0 saturated carbocycles. The molecule has 4 heteroatoms. The minimum absolute atomic E-state index is 0.0282. The molecule has 117 heavy (non-hydrogen) atoms. The third-order valence-electron chi connectivity index (χ3n) is 21.1. The Hall–Kier alpha value is -12.8. The van der Waals surface area contributed by atoms with Gasteiger partial charge in [-0.3, -0.25) is 0 Å². The summed E-state index contributed by atoms with van der Waals surface area (Å²) in [6.45, 7) is -20.7. The van der Waals surface area contributed by atoms with Crippen molar-refractivity contribution in [2.24, 2.45) is 28.2 Å². The van der Waals surface area contributed by atoms with Gasteiger partial charge in [-0.25, -0.2) is 18.3 Å². The smallest absolute Gasteiger partial charge is 0.201 e. The molecular weight excluding hydrogens is 1410 g/mol. The molecule has 4 heterocycles. The van der Waals surface area contributed by atoms with Crippen LogP contribution in [0.4, 0.5) is 0 Å². The Morgan fingerprint density at radius 3 is 0.744 bits per heavy atom. The molecule has 0 spiro atoms. The average molecular weight is 1560 g/mol. The summed E-state index contributed by atoms with van der Waals surface area (Å²) in [6.07, 6.45) is 6.04. The zero-order valence-corrected chi connectivity index (χ0v) is 66.7. The highest BCUT2D eigenvalue weighted by Crippen LogP contribution is 2.41. The fourth-order valence-corrected chi connectivity index (χ4v) is 15.0. The van der Waals surface area contributed by atoms with Crippen molar-refractivity contribution in [1.29, 1.82) is 0 Å². The highest BCUT2D eigenvalue weighted by Gasteiger charge is 2.25. The van der Waals surface area contributed by atoms with Crippen LogP contribution in [0.25, 0.3) is 134 Å². The molecule has 0 saturated heterocycles. The maximum absolute atomic E-state index is 8.25. The first-order valence-electron chi connectivity index (χ1n) is 56.2. The minimum Gasteiger partial charge on any atom is -0.201 e. The second kappa shape index (κ2) is 36.0. The second-order valence-corrected chi connectivity index (χ2v) is 29.4. The Morgan fingerprint density at radius 1 is 0.171 bits per heavy atom. The second-order valence-electron chi connectivity index (χ2n) is 29.4. The molecule has 12 aromatic carbocycles. The maximum atomic E-state index is 8.25. The van der Waals surface area contributed by atoms with E-state index in [0.29, 0.717) is 112 Å². The quantitative estimate of drug-likeness (QED) is 0.108. The molecule has 582 valence electrons. The monoisotopic (exact) mass is 1560 g/mol. The fraction of sp³-hybridized carbons (Fsp3) is 0.186. The molecule has 0 amide bonds. The number of nitrogens with zero attached hydrogens (tertiary/aromatic N) is 4. The molecule has 16 aromatic rings. The van der Waals surface area contributed by atoms with Crippen LogP contribution in [0.15, 0.2) is 310 Å². The van der Waals surface area contributed by atoms with Crippen molar-refractivity contribution in [3.8, 4) is 134 Å². The Labute approximate surface area is 748 Å². The van der Waals surface area contributed by atoms with E-state index in [1.54, 1.807) is 163 Å². The largest absolute Gasteiger partial charge is 0.213 e. The molecule has 0 atom stereocenters. The van der Waals surface area contributed by atoms with E-state index in [0.717, 1.165) is 44.6 Å². The van der Waals surface area contributed by atoms with Crippen molar-refractivity contribution in [3.05, 3.63) is 404 Å². The highest BCUT2D eigenvalue weighted by molar-refractivity contribution is 5.84. The van der Waals surface area contributed by atoms with Crippen LogP contribution in [0.3, 0.4) is 0 Å². The van der Waals surface area contributed by atoms with E-state index >= 15 is 0 Å². The zero-order valence-electron chi connectivity index (χ0n) is 103. The number of benzene rings is 12. The summed E-state index contributed by atoms with van der Waals surface area (Å²) < 4.78 is 300. The first-order valence-corrected chi connectivity index (χ1v) is 38.2. The topological polar surface area (TPSA) is 15.5 Å². The highest BCUT2D eigenvalue weighted by atomic mass is 14.9. The van der Waals surface area contributed by atoms with Crippen molar-refractivity contribution >= 4 is 0 Å². The number of pyridine rings is 4. The van der Waals surface area contributed by atoms with E-state index in [9.17, 15) is 0 Å². The minimum atomic E-state index is -2.74. The van der Waals surface area contributed by atoms with Gasteiger partial charge < -0.3 is 0 Å². The van der Waals surface area contributed by atoms with Crippen LogP contribution >= 0.6 is 0 Å². The molecule has 0 aliphatic heterocycles. The fourth-order valence-electron chi connectivity index (χ4n) is 15.0. The van der Waals surface area contributed by atoms with E-state index in [-0.39, 0.29) is 72.3 Å². The van der Waals surface area contributed by atoms with Gasteiger partial charge in [0.05, 0.1) is 0 Å². The number of hydrogen-bond donors (Lipinski definition) is 0. The maximum Gasteiger partial charge on any atom is 0.213 e.